The van der Waals surface area contributed by atoms with Gasteiger partial charge < -0.3 is 20.1 Å². The molecule has 1 saturated heterocycles. The third kappa shape index (κ3) is 2.98. The zero-order valence-electron chi connectivity index (χ0n) is 15.2. The van der Waals surface area contributed by atoms with Crippen molar-refractivity contribution < 1.29 is 24.2 Å². The largest absolute Gasteiger partial charge is 0.395 e. The maximum atomic E-state index is 13.2. The fraction of sp³-hybridized carbons (Fsp3) is 0.286. The van der Waals surface area contributed by atoms with Crippen molar-refractivity contribution in [2.45, 2.75) is 0 Å². The fourth-order valence-corrected chi connectivity index (χ4v) is 3.67. The molecule has 0 radical (unpaired) electrons. The minimum Gasteiger partial charge on any atom is -0.395 e. The number of carbonyl (C=O) groups excluding carboxylic acids is 3. The maximum absolute atomic E-state index is 13.2. The van der Waals surface area contributed by atoms with Crippen LogP contribution >= 0.6 is 0 Å². The Morgan fingerprint density at radius 1 is 1.00 bits per heavy atom. The summed E-state index contributed by atoms with van der Waals surface area (Å²) in [5.41, 5.74) is 1.76. The molecule has 7 nitrogen and oxygen atoms in total. The van der Waals surface area contributed by atoms with Crippen LogP contribution in [-0.2, 0) is 4.74 Å². The predicted molar refractivity (Wildman–Crippen MR) is 102 cm³/mol. The van der Waals surface area contributed by atoms with Crippen molar-refractivity contribution in [3.8, 4) is 0 Å². The van der Waals surface area contributed by atoms with Gasteiger partial charge in [0.2, 0.25) is 0 Å². The first-order chi connectivity index (χ1) is 13.6. The van der Waals surface area contributed by atoms with E-state index in [0.29, 0.717) is 48.7 Å². The van der Waals surface area contributed by atoms with Gasteiger partial charge in [-0.15, -0.1) is 0 Å². The van der Waals surface area contributed by atoms with Gasteiger partial charge in [0.1, 0.15) is 0 Å². The number of morpholine rings is 1. The lowest BCUT2D eigenvalue weighted by molar-refractivity contribution is 0.0303. The Labute approximate surface area is 161 Å². The van der Waals surface area contributed by atoms with Gasteiger partial charge in [-0.3, -0.25) is 14.4 Å². The molecule has 0 spiro atoms. The van der Waals surface area contributed by atoms with Crippen molar-refractivity contribution in [1.29, 1.82) is 0 Å². The summed E-state index contributed by atoms with van der Waals surface area (Å²) in [5, 5.41) is 12.3. The van der Waals surface area contributed by atoms with Crippen LogP contribution in [0.5, 0.6) is 0 Å². The van der Waals surface area contributed by atoms with Crippen LogP contribution in [0.25, 0.3) is 0 Å². The number of fused-ring (bicyclic) bond motifs is 2. The molecule has 2 aliphatic rings. The van der Waals surface area contributed by atoms with E-state index in [1.54, 1.807) is 41.3 Å². The van der Waals surface area contributed by atoms with E-state index >= 15 is 0 Å². The van der Waals surface area contributed by atoms with Gasteiger partial charge in [-0.05, 0) is 12.1 Å². The number of hydrogen-bond acceptors (Lipinski definition) is 6. The number of nitrogens with zero attached hydrogens (tertiary/aromatic N) is 1. The smallest absolute Gasteiger partial charge is 0.256 e. The Morgan fingerprint density at radius 2 is 1.68 bits per heavy atom. The Hall–Kier alpha value is -3.03. The highest BCUT2D eigenvalue weighted by molar-refractivity contribution is 6.31. The van der Waals surface area contributed by atoms with Crippen LogP contribution in [0.2, 0.25) is 0 Å². The number of benzene rings is 2. The lowest BCUT2D eigenvalue weighted by atomic mass is 9.82. The van der Waals surface area contributed by atoms with Gasteiger partial charge in [0.15, 0.2) is 11.6 Å². The van der Waals surface area contributed by atoms with Crippen LogP contribution in [0.15, 0.2) is 36.4 Å². The molecule has 0 saturated carbocycles. The molecule has 0 bridgehead atoms. The number of hydrogen-bond donors (Lipinski definition) is 2. The van der Waals surface area contributed by atoms with Crippen molar-refractivity contribution in [3.63, 3.8) is 0 Å². The molecular weight excluding hydrogens is 360 g/mol. The number of rotatable bonds is 4. The second-order valence-electron chi connectivity index (χ2n) is 6.67. The molecule has 1 fully saturated rings. The maximum Gasteiger partial charge on any atom is 0.256 e. The van der Waals surface area contributed by atoms with Crippen molar-refractivity contribution in [1.82, 2.24) is 4.90 Å². The summed E-state index contributed by atoms with van der Waals surface area (Å²) in [6.45, 7) is 1.83. The minimum absolute atomic E-state index is 0.156. The number of amides is 1. The number of nitrogens with one attached hydrogen (secondary N) is 1. The van der Waals surface area contributed by atoms with Crippen molar-refractivity contribution in [2.75, 3.05) is 44.8 Å². The standard InChI is InChI=1S/C21H20N2O5/c24-10-7-22-18-16(21(27)23-8-11-28-12-9-23)6-5-15-17(18)20(26)14-4-2-1-3-13(14)19(15)25/h1-6,22,24H,7-12H2. The number of carbonyl (C=O) groups is 3. The van der Waals surface area contributed by atoms with Gasteiger partial charge in [0, 0.05) is 36.3 Å². The predicted octanol–water partition coefficient (Wildman–Crippen LogP) is 1.34. The van der Waals surface area contributed by atoms with E-state index in [4.69, 9.17) is 4.74 Å². The summed E-state index contributed by atoms with van der Waals surface area (Å²) in [6.07, 6.45) is 0. The van der Waals surface area contributed by atoms with E-state index in [2.05, 4.69) is 5.32 Å². The monoisotopic (exact) mass is 380 g/mol. The minimum atomic E-state index is -0.303. The average molecular weight is 380 g/mol. The average Bonchev–Trinajstić information content (AvgIpc) is 2.75. The Morgan fingerprint density at radius 3 is 2.36 bits per heavy atom. The number of aliphatic hydroxyl groups excluding tert-OH is 1. The van der Waals surface area contributed by atoms with Crippen LogP contribution in [-0.4, -0.2) is 66.9 Å². The molecule has 7 heteroatoms. The highest BCUT2D eigenvalue weighted by atomic mass is 16.5. The van der Waals surface area contributed by atoms with Crippen molar-refractivity contribution in [2.24, 2.45) is 0 Å². The summed E-state index contributed by atoms with van der Waals surface area (Å²) >= 11 is 0. The fourth-order valence-electron chi connectivity index (χ4n) is 3.67. The van der Waals surface area contributed by atoms with Crippen LogP contribution in [0.3, 0.4) is 0 Å². The van der Waals surface area contributed by atoms with E-state index in [1.165, 1.54) is 0 Å². The molecule has 0 atom stereocenters. The third-order valence-electron chi connectivity index (χ3n) is 5.04. The Bertz CT molecular complexity index is 963. The first-order valence-electron chi connectivity index (χ1n) is 9.20. The summed E-state index contributed by atoms with van der Waals surface area (Å²) in [5.74, 6) is -0.782. The van der Waals surface area contributed by atoms with E-state index in [9.17, 15) is 19.5 Å². The number of ketones is 2. The first-order valence-corrected chi connectivity index (χ1v) is 9.20. The zero-order valence-corrected chi connectivity index (χ0v) is 15.2. The quantitative estimate of drug-likeness (QED) is 0.709. The topological polar surface area (TPSA) is 95.9 Å². The molecule has 4 rings (SSSR count). The molecule has 0 aromatic heterocycles. The molecule has 28 heavy (non-hydrogen) atoms. The third-order valence-corrected chi connectivity index (χ3v) is 5.04. The lowest BCUT2D eigenvalue weighted by Crippen LogP contribution is -2.41. The zero-order chi connectivity index (χ0) is 19.7. The normalized spacial score (nSPS) is 15.8. The highest BCUT2D eigenvalue weighted by Crippen LogP contribution is 2.34. The second kappa shape index (κ2) is 7.53. The molecule has 1 amide bonds. The highest BCUT2D eigenvalue weighted by Gasteiger charge is 2.34. The lowest BCUT2D eigenvalue weighted by Gasteiger charge is -2.29. The Kier molecular flexibility index (Phi) is 4.93. The van der Waals surface area contributed by atoms with Crippen LogP contribution in [0, 0.1) is 0 Å². The van der Waals surface area contributed by atoms with E-state index in [1.807, 2.05) is 0 Å². The molecule has 1 aliphatic carbocycles. The molecule has 1 aliphatic heterocycles. The summed E-state index contributed by atoms with van der Waals surface area (Å²) in [7, 11) is 0. The number of ether oxygens (including phenoxy) is 1. The van der Waals surface area contributed by atoms with Gasteiger partial charge in [0.05, 0.1) is 36.6 Å². The van der Waals surface area contributed by atoms with Crippen molar-refractivity contribution in [3.05, 3.63) is 64.2 Å². The van der Waals surface area contributed by atoms with Gasteiger partial charge >= 0.3 is 0 Å². The van der Waals surface area contributed by atoms with Gasteiger partial charge in [-0.25, -0.2) is 0 Å². The number of anilines is 1. The molecule has 144 valence electrons. The Balaban J connectivity index is 1.85. The summed E-state index contributed by atoms with van der Waals surface area (Å²) < 4.78 is 5.30. The summed E-state index contributed by atoms with van der Waals surface area (Å²) in [6, 6.07) is 9.80. The van der Waals surface area contributed by atoms with E-state index in [0.717, 1.165) is 0 Å². The first kappa shape index (κ1) is 18.3. The molecule has 1 heterocycles. The van der Waals surface area contributed by atoms with Crippen LogP contribution < -0.4 is 5.32 Å². The van der Waals surface area contributed by atoms with Gasteiger partial charge in [0.25, 0.3) is 5.91 Å². The van der Waals surface area contributed by atoms with Gasteiger partial charge in [-0.2, -0.15) is 0 Å². The van der Waals surface area contributed by atoms with Crippen molar-refractivity contribution >= 4 is 23.2 Å². The molecule has 0 unspecified atom stereocenters. The molecule has 2 aromatic rings. The van der Waals surface area contributed by atoms with E-state index in [-0.39, 0.29) is 41.8 Å². The SMILES string of the molecule is O=C1c2ccccc2C(=O)c2c1ccc(C(=O)N1CCOCC1)c2NCCO. The van der Waals surface area contributed by atoms with E-state index < -0.39 is 0 Å². The van der Waals surface area contributed by atoms with Crippen LogP contribution in [0.1, 0.15) is 42.2 Å². The van der Waals surface area contributed by atoms with Crippen LogP contribution in [0.4, 0.5) is 5.69 Å². The summed E-state index contributed by atoms with van der Waals surface area (Å²) in [4.78, 5) is 40.9. The number of aliphatic hydroxyl groups is 1. The molecular formula is C21H20N2O5. The molecule has 2 aromatic carbocycles. The molecule has 2 N–H and O–H groups in total. The second-order valence-corrected chi connectivity index (χ2v) is 6.67. The van der Waals surface area contributed by atoms with Gasteiger partial charge in [-0.1, -0.05) is 24.3 Å².